The minimum atomic E-state index is -0.106. The molecule has 4 aromatic rings. The Hall–Kier alpha value is -4.26. The van der Waals surface area contributed by atoms with Gasteiger partial charge in [0.05, 0.1) is 17.0 Å². The van der Waals surface area contributed by atoms with Gasteiger partial charge in [-0.25, -0.2) is 0 Å². The van der Waals surface area contributed by atoms with Crippen LogP contribution in [-0.4, -0.2) is 31.0 Å². The van der Waals surface area contributed by atoms with E-state index in [4.69, 9.17) is 0 Å². The summed E-state index contributed by atoms with van der Waals surface area (Å²) >= 11 is 0. The van der Waals surface area contributed by atoms with Crippen LogP contribution in [0.25, 0.3) is 23.2 Å². The molecule has 0 saturated carbocycles. The van der Waals surface area contributed by atoms with Gasteiger partial charge < -0.3 is 9.13 Å². The van der Waals surface area contributed by atoms with E-state index in [0.717, 1.165) is 64.2 Å². The molecule has 4 heterocycles. The Balaban J connectivity index is 1.30. The molecular weight excluding hydrogens is 460 g/mol. The van der Waals surface area contributed by atoms with E-state index in [1.165, 1.54) is 24.3 Å². The molecule has 0 spiro atoms. The maximum atomic E-state index is 13.2. The molecule has 7 heteroatoms. The maximum Gasteiger partial charge on any atom is 0.280 e. The number of hydrogen-bond donors (Lipinski definition) is 0. The second kappa shape index (κ2) is 9.32. The number of para-hydroxylation sites is 1. The van der Waals surface area contributed by atoms with E-state index in [1.807, 2.05) is 43.3 Å². The first-order valence-electron chi connectivity index (χ1n) is 12.9. The number of amides is 1. The molecule has 0 fully saturated rings. The van der Waals surface area contributed by atoms with Crippen LogP contribution in [0.1, 0.15) is 49.0 Å². The molecule has 0 aliphatic carbocycles. The molecule has 37 heavy (non-hydrogen) atoms. The smallest absolute Gasteiger partial charge is 0.280 e. The van der Waals surface area contributed by atoms with Crippen molar-refractivity contribution in [1.82, 2.24) is 19.3 Å². The number of fused-ring (bicyclic) bond motifs is 1. The van der Waals surface area contributed by atoms with Crippen molar-refractivity contribution in [2.24, 2.45) is 5.10 Å². The summed E-state index contributed by atoms with van der Waals surface area (Å²) in [5, 5.41) is 14.9. The molecule has 6 rings (SSSR count). The average molecular weight is 491 g/mol. The van der Waals surface area contributed by atoms with Crippen LogP contribution in [0, 0.1) is 13.8 Å². The summed E-state index contributed by atoms with van der Waals surface area (Å²) in [7, 11) is 0. The van der Waals surface area contributed by atoms with Gasteiger partial charge in [-0.3, -0.25) is 4.79 Å². The third-order valence-corrected chi connectivity index (χ3v) is 7.33. The highest BCUT2D eigenvalue weighted by Crippen LogP contribution is 2.29. The van der Waals surface area contributed by atoms with Crippen molar-refractivity contribution in [2.75, 3.05) is 5.01 Å². The van der Waals surface area contributed by atoms with E-state index < -0.39 is 0 Å². The second-order valence-electron chi connectivity index (χ2n) is 9.81. The molecule has 2 aromatic carbocycles. The molecule has 2 aliphatic heterocycles. The first-order valence-corrected chi connectivity index (χ1v) is 12.9. The lowest BCUT2D eigenvalue weighted by atomic mass is 10.1. The summed E-state index contributed by atoms with van der Waals surface area (Å²) in [6, 6.07) is 20.2. The van der Waals surface area contributed by atoms with Crippen molar-refractivity contribution >= 4 is 23.4 Å². The number of aryl methyl sites for hydroxylation is 2. The first-order chi connectivity index (χ1) is 18.0. The molecule has 0 atom stereocenters. The Kier molecular flexibility index (Phi) is 5.83. The summed E-state index contributed by atoms with van der Waals surface area (Å²) < 4.78 is 4.50. The van der Waals surface area contributed by atoms with Gasteiger partial charge in [0.1, 0.15) is 5.82 Å². The largest absolute Gasteiger partial charge is 0.318 e. The molecule has 1 amide bonds. The quantitative estimate of drug-likeness (QED) is 0.335. The third kappa shape index (κ3) is 4.10. The summed E-state index contributed by atoms with van der Waals surface area (Å²) in [4.78, 5) is 13.2. The van der Waals surface area contributed by atoms with Crippen LogP contribution in [0.2, 0.25) is 0 Å². The Bertz CT molecular complexity index is 1540. The standard InChI is InChI=1S/C30H30N6O/c1-20-18-24(19-27-21(2)33-36(30(27)37)26-10-6-4-7-11-26)22(3)35(20)25-15-13-23(14-16-25)29-32-31-28-12-8-5-9-17-34(28)29/h4,6-7,10-11,13-16,18-19H,5,8-9,12,17H2,1-3H3/b27-19-. The van der Waals surface area contributed by atoms with Crippen molar-refractivity contribution in [3.63, 3.8) is 0 Å². The maximum absolute atomic E-state index is 13.2. The number of carbonyl (C=O) groups excluding carboxylic acids is 1. The summed E-state index contributed by atoms with van der Waals surface area (Å²) in [6.07, 6.45) is 6.56. The van der Waals surface area contributed by atoms with E-state index in [0.29, 0.717) is 5.57 Å². The van der Waals surface area contributed by atoms with Gasteiger partial charge in [0.25, 0.3) is 5.91 Å². The monoisotopic (exact) mass is 490 g/mol. The van der Waals surface area contributed by atoms with E-state index >= 15 is 0 Å². The molecule has 0 saturated heterocycles. The lowest BCUT2D eigenvalue weighted by Crippen LogP contribution is -2.21. The van der Waals surface area contributed by atoms with Gasteiger partial charge in [-0.15, -0.1) is 10.2 Å². The molecule has 7 nitrogen and oxygen atoms in total. The zero-order chi connectivity index (χ0) is 25.5. The van der Waals surface area contributed by atoms with Crippen LogP contribution < -0.4 is 5.01 Å². The summed E-state index contributed by atoms with van der Waals surface area (Å²) in [5.41, 5.74) is 7.46. The van der Waals surface area contributed by atoms with Crippen LogP contribution >= 0.6 is 0 Å². The number of carbonyl (C=O) groups is 1. The minimum Gasteiger partial charge on any atom is -0.318 e. The number of hydrazone groups is 1. The van der Waals surface area contributed by atoms with Crippen LogP contribution in [-0.2, 0) is 17.8 Å². The highest BCUT2D eigenvalue weighted by atomic mass is 16.2. The second-order valence-corrected chi connectivity index (χ2v) is 9.81. The third-order valence-electron chi connectivity index (χ3n) is 7.33. The number of anilines is 1. The molecule has 186 valence electrons. The predicted octanol–water partition coefficient (Wildman–Crippen LogP) is 5.89. The zero-order valence-corrected chi connectivity index (χ0v) is 21.5. The van der Waals surface area contributed by atoms with Crippen molar-refractivity contribution in [3.8, 4) is 17.1 Å². The number of rotatable bonds is 4. The molecular formula is C30H30N6O. The van der Waals surface area contributed by atoms with Gasteiger partial charge in [-0.1, -0.05) is 24.6 Å². The molecule has 0 N–H and O–H groups in total. The SMILES string of the molecule is CC1=NN(c2ccccc2)C(=O)/C1=C\c1cc(C)n(-c2ccc(-c3nnc4n3CCCCC4)cc2)c1C. The van der Waals surface area contributed by atoms with Crippen molar-refractivity contribution < 1.29 is 4.79 Å². The molecule has 0 radical (unpaired) electrons. The molecule has 2 aliphatic rings. The average Bonchev–Trinajstić information content (AvgIpc) is 3.46. The van der Waals surface area contributed by atoms with Gasteiger partial charge in [-0.2, -0.15) is 10.1 Å². The molecule has 0 unspecified atom stereocenters. The van der Waals surface area contributed by atoms with Gasteiger partial charge in [0, 0.05) is 35.6 Å². The normalized spacial score (nSPS) is 16.7. The number of aromatic nitrogens is 4. The lowest BCUT2D eigenvalue weighted by Gasteiger charge is -2.12. The van der Waals surface area contributed by atoms with E-state index in [1.54, 1.807) is 0 Å². The van der Waals surface area contributed by atoms with Gasteiger partial charge in [-0.05, 0) is 87.7 Å². The number of hydrogen-bond acceptors (Lipinski definition) is 4. The first kappa shape index (κ1) is 23.2. The highest BCUT2D eigenvalue weighted by Gasteiger charge is 2.29. The Labute approximate surface area is 216 Å². The molecule has 0 bridgehead atoms. The summed E-state index contributed by atoms with van der Waals surface area (Å²) in [5.74, 6) is 1.94. The van der Waals surface area contributed by atoms with E-state index in [9.17, 15) is 4.79 Å². The van der Waals surface area contributed by atoms with Crippen molar-refractivity contribution in [1.29, 1.82) is 0 Å². The van der Waals surface area contributed by atoms with Crippen LogP contribution in [0.4, 0.5) is 5.69 Å². The number of benzene rings is 2. The molecule has 2 aromatic heterocycles. The van der Waals surface area contributed by atoms with Gasteiger partial charge in [0.2, 0.25) is 0 Å². The Morgan fingerprint density at radius 2 is 1.65 bits per heavy atom. The van der Waals surface area contributed by atoms with Gasteiger partial charge in [0.15, 0.2) is 5.82 Å². The van der Waals surface area contributed by atoms with Gasteiger partial charge >= 0.3 is 0 Å². The zero-order valence-electron chi connectivity index (χ0n) is 21.5. The number of nitrogens with zero attached hydrogens (tertiary/aromatic N) is 6. The highest BCUT2D eigenvalue weighted by molar-refractivity contribution is 6.32. The van der Waals surface area contributed by atoms with Crippen molar-refractivity contribution in [3.05, 3.63) is 89.0 Å². The van der Waals surface area contributed by atoms with E-state index in [-0.39, 0.29) is 5.91 Å². The Morgan fingerprint density at radius 3 is 2.43 bits per heavy atom. The summed E-state index contributed by atoms with van der Waals surface area (Å²) in [6.45, 7) is 7.05. The van der Waals surface area contributed by atoms with E-state index in [2.05, 4.69) is 68.6 Å². The van der Waals surface area contributed by atoms with Crippen LogP contribution in [0.15, 0.2) is 71.3 Å². The van der Waals surface area contributed by atoms with Crippen LogP contribution in [0.3, 0.4) is 0 Å². The fourth-order valence-corrected chi connectivity index (χ4v) is 5.37. The fraction of sp³-hybridized carbons (Fsp3) is 0.267. The predicted molar refractivity (Wildman–Crippen MR) is 147 cm³/mol. The topological polar surface area (TPSA) is 68.3 Å². The fourth-order valence-electron chi connectivity index (χ4n) is 5.37. The van der Waals surface area contributed by atoms with Crippen LogP contribution in [0.5, 0.6) is 0 Å². The van der Waals surface area contributed by atoms with Crippen molar-refractivity contribution in [2.45, 2.75) is 53.0 Å². The Morgan fingerprint density at radius 1 is 0.865 bits per heavy atom. The minimum absolute atomic E-state index is 0.106. The lowest BCUT2D eigenvalue weighted by molar-refractivity contribution is -0.114.